The Balaban J connectivity index is 1.46. The van der Waals surface area contributed by atoms with Gasteiger partial charge in [-0.25, -0.2) is 9.59 Å². The number of hydrogen-bond donors (Lipinski definition) is 0. The SMILES string of the molecule is CCCCCCCCCCC(CCCCCCCC)Cc1ccsc1-c1cc2c(=O)oc(-c3sccc3CC(CCCCCCCC)CCCCCCCCCC)cc2c(=O)o1. The van der Waals surface area contributed by atoms with Crippen molar-refractivity contribution in [3.05, 3.63) is 67.0 Å². The predicted octanol–water partition coefficient (Wildman–Crippen LogP) is 19.1. The topological polar surface area (TPSA) is 60.4 Å². The molecule has 0 saturated heterocycles. The minimum absolute atomic E-state index is 0.315. The monoisotopic (exact) mass is 889 g/mol. The van der Waals surface area contributed by atoms with Crippen molar-refractivity contribution in [3.8, 4) is 21.3 Å². The summed E-state index contributed by atoms with van der Waals surface area (Å²) in [6.07, 6.45) is 44.2. The van der Waals surface area contributed by atoms with Gasteiger partial charge in [0.2, 0.25) is 0 Å². The average Bonchev–Trinajstić information content (AvgIpc) is 3.95. The van der Waals surface area contributed by atoms with E-state index in [1.54, 1.807) is 34.8 Å². The van der Waals surface area contributed by atoms with Crippen molar-refractivity contribution in [2.75, 3.05) is 0 Å². The van der Waals surface area contributed by atoms with Crippen molar-refractivity contribution in [2.45, 2.75) is 246 Å². The molecule has 4 aromatic heterocycles. The molecule has 0 aliphatic heterocycles. The summed E-state index contributed by atoms with van der Waals surface area (Å²) < 4.78 is 12.2. The Morgan fingerprint density at radius 2 is 0.677 bits per heavy atom. The maximum absolute atomic E-state index is 13.8. The molecule has 0 aliphatic rings. The van der Waals surface area contributed by atoms with Gasteiger partial charge in [0.1, 0.15) is 11.5 Å². The summed E-state index contributed by atoms with van der Waals surface area (Å²) >= 11 is 3.23. The molecule has 0 bridgehead atoms. The normalized spacial score (nSPS) is 12.8. The fraction of sp³-hybridized carbons (Fsp3) is 0.714. The molecule has 0 aliphatic carbocycles. The van der Waals surface area contributed by atoms with Crippen molar-refractivity contribution in [2.24, 2.45) is 11.8 Å². The first-order chi connectivity index (χ1) is 30.5. The molecule has 4 rings (SSSR count). The Kier molecular flexibility index (Phi) is 27.1. The molecule has 0 fully saturated rings. The third-order valence-corrected chi connectivity index (χ3v) is 15.5. The van der Waals surface area contributed by atoms with Gasteiger partial charge in [0.25, 0.3) is 0 Å². The minimum Gasteiger partial charge on any atom is -0.421 e. The first kappa shape index (κ1) is 52.2. The van der Waals surface area contributed by atoms with Gasteiger partial charge in [0.05, 0.1) is 20.5 Å². The zero-order valence-corrected chi connectivity index (χ0v) is 41.7. The predicted molar refractivity (Wildman–Crippen MR) is 272 cm³/mol. The maximum atomic E-state index is 13.8. The third-order valence-electron chi connectivity index (χ3n) is 13.5. The first-order valence-electron chi connectivity index (χ1n) is 26.2. The summed E-state index contributed by atoms with van der Waals surface area (Å²) in [6.45, 7) is 9.14. The molecule has 4 aromatic rings. The summed E-state index contributed by atoms with van der Waals surface area (Å²) in [6, 6.07) is 7.98. The van der Waals surface area contributed by atoms with Gasteiger partial charge >= 0.3 is 11.3 Å². The third kappa shape index (κ3) is 19.3. The van der Waals surface area contributed by atoms with Gasteiger partial charge in [-0.1, -0.05) is 233 Å². The summed E-state index contributed by atoms with van der Waals surface area (Å²) in [5, 5.41) is 4.86. The molecule has 6 heteroatoms. The van der Waals surface area contributed by atoms with Crippen LogP contribution < -0.4 is 11.3 Å². The molecule has 348 valence electrons. The quantitative estimate of drug-likeness (QED) is 0.0421. The smallest absolute Gasteiger partial charge is 0.344 e. The molecule has 0 aromatic carbocycles. The van der Waals surface area contributed by atoms with Crippen LogP contribution in [0.4, 0.5) is 0 Å². The van der Waals surface area contributed by atoms with Crippen molar-refractivity contribution >= 4 is 33.4 Å². The van der Waals surface area contributed by atoms with Crippen LogP contribution in [0.1, 0.15) is 244 Å². The number of fused-ring (bicyclic) bond motifs is 1. The molecule has 4 heterocycles. The van der Waals surface area contributed by atoms with Gasteiger partial charge in [0, 0.05) is 0 Å². The zero-order valence-electron chi connectivity index (χ0n) is 40.1. The lowest BCUT2D eigenvalue weighted by atomic mass is 9.88. The van der Waals surface area contributed by atoms with Crippen LogP contribution in [0.2, 0.25) is 0 Å². The van der Waals surface area contributed by atoms with E-state index < -0.39 is 11.3 Å². The van der Waals surface area contributed by atoms with E-state index in [1.165, 1.54) is 217 Å². The van der Waals surface area contributed by atoms with Crippen LogP contribution >= 0.6 is 22.7 Å². The van der Waals surface area contributed by atoms with E-state index in [0.717, 1.165) is 22.6 Å². The van der Waals surface area contributed by atoms with Crippen LogP contribution in [0.3, 0.4) is 0 Å². The highest BCUT2D eigenvalue weighted by Crippen LogP contribution is 2.37. The highest BCUT2D eigenvalue weighted by molar-refractivity contribution is 7.14. The van der Waals surface area contributed by atoms with Crippen molar-refractivity contribution in [1.82, 2.24) is 0 Å². The molecular formula is C56H88O4S2. The fourth-order valence-corrected chi connectivity index (χ4v) is 11.4. The van der Waals surface area contributed by atoms with Crippen molar-refractivity contribution in [1.29, 1.82) is 0 Å². The lowest BCUT2D eigenvalue weighted by Crippen LogP contribution is -2.10. The largest absolute Gasteiger partial charge is 0.421 e. The van der Waals surface area contributed by atoms with E-state index in [1.807, 2.05) is 0 Å². The summed E-state index contributed by atoms with van der Waals surface area (Å²) in [4.78, 5) is 29.6. The number of thiophene rings is 2. The lowest BCUT2D eigenvalue weighted by Gasteiger charge is -2.18. The molecule has 0 amide bonds. The molecule has 0 radical (unpaired) electrons. The number of unbranched alkanes of at least 4 members (excludes halogenated alkanes) is 24. The summed E-state index contributed by atoms with van der Waals surface area (Å²) in [5.74, 6) is 2.21. The van der Waals surface area contributed by atoms with Crippen LogP contribution in [-0.2, 0) is 12.8 Å². The lowest BCUT2D eigenvalue weighted by molar-refractivity contribution is 0.400. The van der Waals surface area contributed by atoms with Crippen LogP contribution in [0.15, 0.2) is 53.4 Å². The van der Waals surface area contributed by atoms with Crippen LogP contribution in [0.5, 0.6) is 0 Å². The molecule has 0 spiro atoms. The number of rotatable bonds is 38. The Morgan fingerprint density at radius 3 is 0.968 bits per heavy atom. The van der Waals surface area contributed by atoms with Crippen LogP contribution in [-0.4, -0.2) is 0 Å². The molecule has 4 nitrogen and oxygen atoms in total. The Bertz CT molecular complexity index is 1710. The Hall–Kier alpha value is -2.44. The van der Waals surface area contributed by atoms with Gasteiger partial charge < -0.3 is 8.83 Å². The second-order valence-electron chi connectivity index (χ2n) is 19.0. The van der Waals surface area contributed by atoms with E-state index in [0.29, 0.717) is 34.1 Å². The van der Waals surface area contributed by atoms with Crippen molar-refractivity contribution in [3.63, 3.8) is 0 Å². The van der Waals surface area contributed by atoms with E-state index in [2.05, 4.69) is 50.6 Å². The maximum Gasteiger partial charge on any atom is 0.344 e. The van der Waals surface area contributed by atoms with Crippen LogP contribution in [0.25, 0.3) is 32.0 Å². The summed E-state index contributed by atoms with van der Waals surface area (Å²) in [7, 11) is 0. The Labute approximate surface area is 386 Å². The second kappa shape index (κ2) is 32.3. The van der Waals surface area contributed by atoms with Crippen LogP contribution in [0, 0.1) is 11.8 Å². The number of hydrogen-bond acceptors (Lipinski definition) is 6. The fourth-order valence-electron chi connectivity index (χ4n) is 9.65. The highest BCUT2D eigenvalue weighted by Gasteiger charge is 2.21. The minimum atomic E-state index is -0.456. The van der Waals surface area contributed by atoms with Gasteiger partial charge in [-0.15, -0.1) is 22.7 Å². The average molecular weight is 889 g/mol. The van der Waals surface area contributed by atoms with E-state index >= 15 is 0 Å². The van der Waals surface area contributed by atoms with E-state index in [4.69, 9.17) is 8.83 Å². The molecular weight excluding hydrogens is 801 g/mol. The standard InChI is InChI=1S/C56H88O4S2/c1-5-9-13-17-21-23-27-31-35-45(33-29-25-19-15-11-7-3)41-47-37-39-61-53(47)51-43-49-50(55(57)59-51)44-52(60-56(49)58)54-48(38-40-62-54)42-46(34-30-26-20-16-12-8-4)36-32-28-24-22-18-14-10-6-2/h37-40,43-46H,5-36,41-42H2,1-4H3. The van der Waals surface area contributed by atoms with Crippen molar-refractivity contribution < 1.29 is 8.83 Å². The highest BCUT2D eigenvalue weighted by atomic mass is 32.1. The van der Waals surface area contributed by atoms with Gasteiger partial charge in [-0.2, -0.15) is 0 Å². The summed E-state index contributed by atoms with van der Waals surface area (Å²) in [5.41, 5.74) is 1.56. The van der Waals surface area contributed by atoms with E-state index in [9.17, 15) is 9.59 Å². The molecule has 0 saturated carbocycles. The Morgan fingerprint density at radius 1 is 0.403 bits per heavy atom. The molecule has 2 atom stereocenters. The second-order valence-corrected chi connectivity index (χ2v) is 20.8. The van der Waals surface area contributed by atoms with Gasteiger partial charge in [-0.3, -0.25) is 0 Å². The first-order valence-corrected chi connectivity index (χ1v) is 28.0. The zero-order chi connectivity index (χ0) is 44.0. The molecule has 0 N–H and O–H groups in total. The molecule has 62 heavy (non-hydrogen) atoms. The molecule has 2 unspecified atom stereocenters. The van der Waals surface area contributed by atoms with Gasteiger partial charge in [-0.05, 0) is 70.8 Å². The van der Waals surface area contributed by atoms with E-state index in [-0.39, 0.29) is 0 Å². The van der Waals surface area contributed by atoms with Gasteiger partial charge in [0.15, 0.2) is 0 Å².